The standard InChI is InChI=1S/C38H41Cl2N3O5S2/c1-3-48-32-17-15-31(16-18-32)43(50(46,47)34-21-19-33(49-2)20-22-34)26-37(44)42(25-28-13-14-29(39)24-35(28)40)36(23-27-9-5-4-6-10-27)38(45)41-30-11-7-8-12-30/h4-6,9-10,13-22,24,30,36H,3,7-8,11-12,23,25-26H2,1-2H3,(H,41,45). The van der Waals surface area contributed by atoms with Gasteiger partial charge in [-0.25, -0.2) is 8.42 Å². The largest absolute Gasteiger partial charge is 0.494 e. The van der Waals surface area contributed by atoms with E-state index in [4.69, 9.17) is 27.9 Å². The highest BCUT2D eigenvalue weighted by Gasteiger charge is 2.36. The van der Waals surface area contributed by atoms with Gasteiger partial charge in [0.25, 0.3) is 10.0 Å². The van der Waals surface area contributed by atoms with Gasteiger partial charge in [0.15, 0.2) is 0 Å². The van der Waals surface area contributed by atoms with Crippen molar-refractivity contribution in [1.29, 1.82) is 0 Å². The highest BCUT2D eigenvalue weighted by atomic mass is 35.5. The summed E-state index contributed by atoms with van der Waals surface area (Å²) in [6, 6.07) is 26.6. The molecule has 0 aromatic heterocycles. The van der Waals surface area contributed by atoms with Gasteiger partial charge >= 0.3 is 0 Å². The van der Waals surface area contributed by atoms with Gasteiger partial charge in [-0.3, -0.25) is 13.9 Å². The lowest BCUT2D eigenvalue weighted by Gasteiger charge is -2.34. The van der Waals surface area contributed by atoms with Crippen LogP contribution < -0.4 is 14.4 Å². The second-order valence-electron chi connectivity index (χ2n) is 12.1. The van der Waals surface area contributed by atoms with Gasteiger partial charge in [0.1, 0.15) is 18.3 Å². The number of sulfonamides is 1. The summed E-state index contributed by atoms with van der Waals surface area (Å²) in [7, 11) is -4.25. The maximum absolute atomic E-state index is 14.8. The van der Waals surface area contributed by atoms with E-state index in [1.54, 1.807) is 54.6 Å². The molecule has 1 saturated carbocycles. The van der Waals surface area contributed by atoms with Crippen LogP contribution in [0.5, 0.6) is 5.75 Å². The molecule has 1 aliphatic rings. The molecule has 1 unspecified atom stereocenters. The number of nitrogens with one attached hydrogen (secondary N) is 1. The maximum Gasteiger partial charge on any atom is 0.264 e. The summed E-state index contributed by atoms with van der Waals surface area (Å²) in [4.78, 5) is 31.4. The van der Waals surface area contributed by atoms with Crippen LogP contribution in [0.3, 0.4) is 0 Å². The third-order valence-corrected chi connectivity index (χ3v) is 11.8. The zero-order chi connectivity index (χ0) is 35.7. The second-order valence-corrected chi connectivity index (χ2v) is 15.7. The molecule has 0 saturated heterocycles. The van der Waals surface area contributed by atoms with Gasteiger partial charge in [0.2, 0.25) is 11.8 Å². The number of ether oxygens (including phenoxy) is 1. The minimum atomic E-state index is -4.25. The fourth-order valence-corrected chi connectivity index (χ4v) is 8.32. The monoisotopic (exact) mass is 753 g/mol. The van der Waals surface area contributed by atoms with E-state index in [-0.39, 0.29) is 35.5 Å². The summed E-state index contributed by atoms with van der Waals surface area (Å²) in [5.41, 5.74) is 1.69. The Labute approximate surface area is 309 Å². The Kier molecular flexibility index (Phi) is 13.1. The van der Waals surface area contributed by atoms with Crippen molar-refractivity contribution in [3.05, 3.63) is 118 Å². The number of rotatable bonds is 15. The third kappa shape index (κ3) is 9.54. The van der Waals surface area contributed by atoms with Crippen molar-refractivity contribution in [2.75, 3.05) is 23.7 Å². The molecule has 50 heavy (non-hydrogen) atoms. The molecule has 0 bridgehead atoms. The zero-order valence-corrected chi connectivity index (χ0v) is 31.2. The second kappa shape index (κ2) is 17.5. The first-order chi connectivity index (χ1) is 24.1. The SMILES string of the molecule is CCOc1ccc(N(CC(=O)N(Cc2ccc(Cl)cc2Cl)C(Cc2ccccc2)C(=O)NC2CCCC2)S(=O)(=O)c2ccc(SC)cc2)cc1. The molecule has 0 heterocycles. The Morgan fingerprint density at radius 2 is 1.62 bits per heavy atom. The van der Waals surface area contributed by atoms with E-state index >= 15 is 0 Å². The van der Waals surface area contributed by atoms with E-state index in [1.807, 2.05) is 43.5 Å². The average molecular weight is 755 g/mol. The van der Waals surface area contributed by atoms with Crippen molar-refractivity contribution in [3.8, 4) is 5.75 Å². The molecule has 4 aromatic rings. The predicted molar refractivity (Wildman–Crippen MR) is 202 cm³/mol. The molecule has 5 rings (SSSR count). The van der Waals surface area contributed by atoms with Crippen LogP contribution in [-0.2, 0) is 32.6 Å². The highest BCUT2D eigenvalue weighted by Crippen LogP contribution is 2.29. The van der Waals surface area contributed by atoms with E-state index in [2.05, 4.69) is 5.32 Å². The molecule has 0 spiro atoms. The Morgan fingerprint density at radius 3 is 2.24 bits per heavy atom. The van der Waals surface area contributed by atoms with Gasteiger partial charge in [-0.15, -0.1) is 11.8 Å². The summed E-state index contributed by atoms with van der Waals surface area (Å²) in [6.07, 6.45) is 5.88. The maximum atomic E-state index is 14.8. The molecule has 2 amide bonds. The first-order valence-corrected chi connectivity index (χ1v) is 20.0. The lowest BCUT2D eigenvalue weighted by atomic mass is 10.0. The molecular formula is C38H41Cl2N3O5S2. The topological polar surface area (TPSA) is 96.0 Å². The average Bonchev–Trinajstić information content (AvgIpc) is 3.63. The minimum Gasteiger partial charge on any atom is -0.494 e. The number of anilines is 1. The fourth-order valence-electron chi connectivity index (χ4n) is 6.03. The Morgan fingerprint density at radius 1 is 0.940 bits per heavy atom. The molecular weight excluding hydrogens is 713 g/mol. The summed E-state index contributed by atoms with van der Waals surface area (Å²) >= 11 is 14.3. The van der Waals surface area contributed by atoms with Crippen molar-refractivity contribution in [2.45, 2.75) is 67.4 Å². The number of nitrogens with zero attached hydrogens (tertiary/aromatic N) is 2. The van der Waals surface area contributed by atoms with Crippen LogP contribution in [0.1, 0.15) is 43.7 Å². The lowest BCUT2D eigenvalue weighted by Crippen LogP contribution is -2.54. The molecule has 0 aliphatic heterocycles. The van der Waals surface area contributed by atoms with Crippen LogP contribution in [0.15, 0.2) is 107 Å². The summed E-state index contributed by atoms with van der Waals surface area (Å²) < 4.78 is 35.4. The van der Waals surface area contributed by atoms with Crippen molar-refractivity contribution in [3.63, 3.8) is 0 Å². The van der Waals surface area contributed by atoms with E-state index in [0.29, 0.717) is 28.0 Å². The first kappa shape index (κ1) is 37.6. The zero-order valence-electron chi connectivity index (χ0n) is 28.1. The minimum absolute atomic E-state index is 0.00170. The molecule has 0 radical (unpaired) electrons. The number of benzene rings is 4. The van der Waals surface area contributed by atoms with Gasteiger partial charge in [0, 0.05) is 33.9 Å². The normalized spacial score (nSPS) is 13.8. The number of amides is 2. The summed E-state index contributed by atoms with van der Waals surface area (Å²) in [5, 5.41) is 3.94. The lowest BCUT2D eigenvalue weighted by molar-refractivity contribution is -0.140. The summed E-state index contributed by atoms with van der Waals surface area (Å²) in [5.74, 6) is -0.311. The van der Waals surface area contributed by atoms with Crippen LogP contribution in [0.4, 0.5) is 5.69 Å². The molecule has 4 aromatic carbocycles. The predicted octanol–water partition coefficient (Wildman–Crippen LogP) is 8.01. The molecule has 1 N–H and O–H groups in total. The Hall–Kier alpha value is -3.70. The number of thioether (sulfide) groups is 1. The van der Waals surface area contributed by atoms with E-state index in [0.717, 1.165) is 40.4 Å². The van der Waals surface area contributed by atoms with Crippen molar-refractivity contribution in [2.24, 2.45) is 0 Å². The van der Waals surface area contributed by atoms with Gasteiger partial charge in [-0.1, -0.05) is 72.4 Å². The Bertz CT molecular complexity index is 1850. The van der Waals surface area contributed by atoms with E-state index < -0.39 is 28.5 Å². The fraction of sp³-hybridized carbons (Fsp3) is 0.316. The van der Waals surface area contributed by atoms with Crippen LogP contribution in [-0.4, -0.2) is 56.6 Å². The van der Waals surface area contributed by atoms with Gasteiger partial charge in [-0.05, 0) is 97.8 Å². The Balaban J connectivity index is 1.58. The van der Waals surface area contributed by atoms with Crippen molar-refractivity contribution < 1.29 is 22.7 Å². The highest BCUT2D eigenvalue weighted by molar-refractivity contribution is 7.98. The van der Waals surface area contributed by atoms with Crippen LogP contribution in [0.2, 0.25) is 10.0 Å². The number of carbonyl (C=O) groups excluding carboxylic acids is 2. The summed E-state index contributed by atoms with van der Waals surface area (Å²) in [6.45, 7) is 1.67. The number of hydrogen-bond donors (Lipinski definition) is 1. The number of carbonyl (C=O) groups is 2. The van der Waals surface area contributed by atoms with E-state index in [9.17, 15) is 18.0 Å². The van der Waals surface area contributed by atoms with Crippen LogP contribution in [0.25, 0.3) is 0 Å². The molecule has 12 heteroatoms. The molecule has 8 nitrogen and oxygen atoms in total. The van der Waals surface area contributed by atoms with Gasteiger partial charge < -0.3 is 15.0 Å². The van der Waals surface area contributed by atoms with Gasteiger partial charge in [0.05, 0.1) is 17.2 Å². The van der Waals surface area contributed by atoms with E-state index in [1.165, 1.54) is 28.8 Å². The molecule has 1 aliphatic carbocycles. The van der Waals surface area contributed by atoms with Crippen molar-refractivity contribution >= 4 is 62.5 Å². The smallest absolute Gasteiger partial charge is 0.264 e. The molecule has 1 fully saturated rings. The number of halogens is 2. The number of hydrogen-bond acceptors (Lipinski definition) is 6. The van der Waals surface area contributed by atoms with Crippen molar-refractivity contribution in [1.82, 2.24) is 10.2 Å². The molecule has 264 valence electrons. The molecule has 1 atom stereocenters. The first-order valence-electron chi connectivity index (χ1n) is 16.6. The quantitative estimate of drug-likeness (QED) is 0.124. The van der Waals surface area contributed by atoms with Crippen LogP contribution >= 0.6 is 35.0 Å². The van der Waals surface area contributed by atoms with Crippen LogP contribution in [0, 0.1) is 0 Å². The third-order valence-electron chi connectivity index (χ3n) is 8.69. The van der Waals surface area contributed by atoms with Gasteiger partial charge in [-0.2, -0.15) is 0 Å².